The summed E-state index contributed by atoms with van der Waals surface area (Å²) in [6, 6.07) is 0. The molecule has 0 radical (unpaired) electrons. The molecule has 2 aliphatic rings. The zero-order chi connectivity index (χ0) is 8.55. The van der Waals surface area contributed by atoms with Gasteiger partial charge < -0.3 is 4.74 Å². The molecule has 2 heterocycles. The van der Waals surface area contributed by atoms with Crippen molar-refractivity contribution < 1.29 is 9.53 Å². The molecular formula is C7H7ClN2O2. The first-order valence-electron chi connectivity index (χ1n) is 3.67. The fraction of sp³-hybridized carbons (Fsp3) is 0.571. The fourth-order valence-corrected chi connectivity index (χ4v) is 1.35. The maximum Gasteiger partial charge on any atom is 0.286 e. The van der Waals surface area contributed by atoms with Crippen LogP contribution in [-0.2, 0) is 9.53 Å². The van der Waals surface area contributed by atoms with Gasteiger partial charge >= 0.3 is 0 Å². The topological polar surface area (TPSA) is 51.0 Å². The first-order valence-corrected chi connectivity index (χ1v) is 4.11. The van der Waals surface area contributed by atoms with Crippen molar-refractivity contribution in [2.75, 3.05) is 13.2 Å². The minimum atomic E-state index is -0.818. The summed E-state index contributed by atoms with van der Waals surface area (Å²) >= 11 is 5.60. The Morgan fingerprint density at radius 3 is 3.17 bits per heavy atom. The predicted octanol–water partition coefficient (Wildman–Crippen LogP) is 0.394. The zero-order valence-corrected chi connectivity index (χ0v) is 7.04. The molecule has 0 aromatic heterocycles. The number of aliphatic imine (C=N–C) groups is 2. The lowest BCUT2D eigenvalue weighted by molar-refractivity contribution is -0.117. The van der Waals surface area contributed by atoms with Crippen molar-refractivity contribution >= 4 is 28.9 Å². The second kappa shape index (κ2) is 2.95. The van der Waals surface area contributed by atoms with Crippen LogP contribution in [0.5, 0.6) is 0 Å². The van der Waals surface area contributed by atoms with E-state index in [4.69, 9.17) is 16.3 Å². The van der Waals surface area contributed by atoms with Crippen LogP contribution < -0.4 is 0 Å². The highest BCUT2D eigenvalue weighted by atomic mass is 35.5. The molecule has 1 fully saturated rings. The quantitative estimate of drug-likeness (QED) is 0.406. The van der Waals surface area contributed by atoms with Crippen molar-refractivity contribution in [2.24, 2.45) is 9.98 Å². The van der Waals surface area contributed by atoms with E-state index >= 15 is 0 Å². The van der Waals surface area contributed by atoms with Gasteiger partial charge in [-0.1, -0.05) is 11.6 Å². The number of hydrogen-bond donors (Lipinski definition) is 0. The number of carbonyl (C=O) groups excluding carboxylic acids is 1. The van der Waals surface area contributed by atoms with Gasteiger partial charge in [-0.3, -0.25) is 9.79 Å². The summed E-state index contributed by atoms with van der Waals surface area (Å²) in [6.45, 7) is 1.02. The molecule has 1 atom stereocenters. The normalized spacial score (nSPS) is 29.1. The van der Waals surface area contributed by atoms with E-state index < -0.39 is 5.50 Å². The van der Waals surface area contributed by atoms with Crippen LogP contribution in [0.4, 0.5) is 0 Å². The minimum Gasteiger partial charge on any atom is -0.375 e. The van der Waals surface area contributed by atoms with Gasteiger partial charge in [0, 0.05) is 6.42 Å². The standard InChI is InChI=1S/C7H7ClN2O2/c8-6-7(11)10-5-3-12-2-1-4(5)9-6/h6H,1-3H2. The fourth-order valence-electron chi connectivity index (χ4n) is 1.18. The van der Waals surface area contributed by atoms with E-state index in [2.05, 4.69) is 9.98 Å². The summed E-state index contributed by atoms with van der Waals surface area (Å²) in [6.07, 6.45) is 0.704. The highest BCUT2D eigenvalue weighted by Crippen LogP contribution is 2.12. The first kappa shape index (κ1) is 7.89. The second-order valence-corrected chi connectivity index (χ2v) is 3.02. The van der Waals surface area contributed by atoms with Gasteiger partial charge in [-0.25, -0.2) is 4.99 Å². The molecule has 2 aliphatic heterocycles. The lowest BCUT2D eigenvalue weighted by atomic mass is 10.1. The van der Waals surface area contributed by atoms with Crippen LogP contribution in [0.15, 0.2) is 9.98 Å². The molecule has 0 bridgehead atoms. The van der Waals surface area contributed by atoms with Crippen molar-refractivity contribution in [3.8, 4) is 0 Å². The van der Waals surface area contributed by atoms with Crippen LogP contribution in [0.1, 0.15) is 6.42 Å². The molecule has 0 aromatic rings. The average Bonchev–Trinajstić information content (AvgIpc) is 2.07. The van der Waals surface area contributed by atoms with Gasteiger partial charge in [-0.15, -0.1) is 0 Å². The van der Waals surface area contributed by atoms with Crippen LogP contribution in [0.3, 0.4) is 0 Å². The number of hydrogen-bond acceptors (Lipinski definition) is 3. The number of carbonyl (C=O) groups is 1. The maximum absolute atomic E-state index is 11.0. The Kier molecular flexibility index (Phi) is 1.94. The minimum absolute atomic E-state index is 0.383. The van der Waals surface area contributed by atoms with Gasteiger partial charge in [-0.05, 0) is 0 Å². The van der Waals surface area contributed by atoms with E-state index in [9.17, 15) is 4.79 Å². The number of alkyl halides is 1. The van der Waals surface area contributed by atoms with Crippen molar-refractivity contribution in [1.82, 2.24) is 0 Å². The van der Waals surface area contributed by atoms with E-state index in [1.165, 1.54) is 0 Å². The molecule has 0 aliphatic carbocycles. The number of halogens is 1. The summed E-state index contributed by atoms with van der Waals surface area (Å²) in [5.41, 5.74) is 0.644. The van der Waals surface area contributed by atoms with Crippen molar-refractivity contribution in [3.63, 3.8) is 0 Å². The van der Waals surface area contributed by atoms with E-state index in [1.807, 2.05) is 0 Å². The van der Waals surface area contributed by atoms with E-state index in [-0.39, 0.29) is 5.91 Å². The molecule has 0 N–H and O–H groups in total. The molecular weight excluding hydrogens is 180 g/mol. The molecule has 5 heteroatoms. The van der Waals surface area contributed by atoms with Crippen LogP contribution in [0.25, 0.3) is 0 Å². The van der Waals surface area contributed by atoms with Gasteiger partial charge in [0.2, 0.25) is 5.50 Å². The Bertz CT molecular complexity index is 285. The molecule has 12 heavy (non-hydrogen) atoms. The van der Waals surface area contributed by atoms with Gasteiger partial charge in [0.25, 0.3) is 5.91 Å². The van der Waals surface area contributed by atoms with Crippen LogP contribution in [-0.4, -0.2) is 36.0 Å². The van der Waals surface area contributed by atoms with Crippen LogP contribution >= 0.6 is 11.6 Å². The van der Waals surface area contributed by atoms with Gasteiger partial charge in [0.15, 0.2) is 0 Å². The lowest BCUT2D eigenvalue weighted by Crippen LogP contribution is -2.34. The van der Waals surface area contributed by atoms with Crippen molar-refractivity contribution in [2.45, 2.75) is 11.9 Å². The zero-order valence-electron chi connectivity index (χ0n) is 6.29. The van der Waals surface area contributed by atoms with Crippen LogP contribution in [0.2, 0.25) is 0 Å². The molecule has 0 aromatic carbocycles. The second-order valence-electron chi connectivity index (χ2n) is 2.61. The van der Waals surface area contributed by atoms with E-state index in [0.29, 0.717) is 25.3 Å². The number of nitrogens with zero attached hydrogens (tertiary/aromatic N) is 2. The molecule has 0 saturated carbocycles. The monoisotopic (exact) mass is 186 g/mol. The summed E-state index contributed by atoms with van der Waals surface area (Å²) in [5.74, 6) is -0.388. The maximum atomic E-state index is 11.0. The smallest absolute Gasteiger partial charge is 0.286 e. The molecule has 0 spiro atoms. The molecule has 1 unspecified atom stereocenters. The molecule has 64 valence electrons. The Hall–Kier alpha value is -0.740. The summed E-state index contributed by atoms with van der Waals surface area (Å²) < 4.78 is 5.12. The number of amides is 1. The average molecular weight is 187 g/mol. The summed E-state index contributed by atoms with van der Waals surface area (Å²) in [5, 5.41) is 0. The predicted molar refractivity (Wildman–Crippen MR) is 45.0 cm³/mol. The number of rotatable bonds is 0. The third-order valence-corrected chi connectivity index (χ3v) is 2.06. The summed E-state index contributed by atoms with van der Waals surface area (Å²) in [7, 11) is 0. The van der Waals surface area contributed by atoms with Crippen molar-refractivity contribution in [3.05, 3.63) is 0 Å². The number of ether oxygens (including phenoxy) is 1. The van der Waals surface area contributed by atoms with E-state index in [1.54, 1.807) is 0 Å². The molecule has 1 saturated heterocycles. The first-order chi connectivity index (χ1) is 5.77. The van der Waals surface area contributed by atoms with Crippen LogP contribution in [0, 0.1) is 0 Å². The molecule has 2 rings (SSSR count). The van der Waals surface area contributed by atoms with Gasteiger partial charge in [0.1, 0.15) is 0 Å². The Morgan fingerprint density at radius 1 is 1.50 bits per heavy atom. The molecule has 1 amide bonds. The van der Waals surface area contributed by atoms with Gasteiger partial charge in [-0.2, -0.15) is 0 Å². The van der Waals surface area contributed by atoms with E-state index in [0.717, 1.165) is 5.71 Å². The highest BCUT2D eigenvalue weighted by molar-refractivity contribution is 6.48. The lowest BCUT2D eigenvalue weighted by Gasteiger charge is -2.20. The third-order valence-electron chi connectivity index (χ3n) is 1.77. The Balaban J connectivity index is 2.29. The molecule has 4 nitrogen and oxygen atoms in total. The SMILES string of the molecule is O=C1N=C2COCCC2=NC1Cl. The largest absolute Gasteiger partial charge is 0.375 e. The Labute approximate surface area is 74.3 Å². The third kappa shape index (κ3) is 1.28. The Morgan fingerprint density at radius 2 is 2.33 bits per heavy atom. The van der Waals surface area contributed by atoms with Crippen molar-refractivity contribution in [1.29, 1.82) is 0 Å². The summed E-state index contributed by atoms with van der Waals surface area (Å²) in [4.78, 5) is 18.7. The highest BCUT2D eigenvalue weighted by Gasteiger charge is 2.25. The number of fused-ring (bicyclic) bond motifs is 1. The van der Waals surface area contributed by atoms with Gasteiger partial charge in [0.05, 0.1) is 24.6 Å².